The molecule has 0 aliphatic carbocycles. The molecule has 0 saturated carbocycles. The molecule has 142 valence electrons. The number of nitrogens with zero attached hydrogens (tertiary/aromatic N) is 4. The van der Waals surface area contributed by atoms with Gasteiger partial charge in [-0.2, -0.15) is 4.39 Å². The fraction of sp³-hybridized carbons (Fsp3) is 0.227. The van der Waals surface area contributed by atoms with Gasteiger partial charge in [-0.05, 0) is 56.2 Å². The van der Waals surface area contributed by atoms with Gasteiger partial charge in [0.2, 0.25) is 5.95 Å². The fourth-order valence-electron chi connectivity index (χ4n) is 3.22. The average molecular weight is 393 g/mol. The zero-order chi connectivity index (χ0) is 19.5. The lowest BCUT2D eigenvalue weighted by Crippen LogP contribution is -2.18. The minimum Gasteiger partial charge on any atom is -0.357 e. The van der Waals surface area contributed by atoms with Crippen molar-refractivity contribution in [2.75, 3.05) is 18.0 Å². The summed E-state index contributed by atoms with van der Waals surface area (Å²) >= 11 is 1.58. The molecule has 28 heavy (non-hydrogen) atoms. The smallest absolute Gasteiger partial charge is 0.212 e. The summed E-state index contributed by atoms with van der Waals surface area (Å²) in [5.41, 5.74) is 3.48. The topological polar surface area (TPSA) is 41.9 Å². The highest BCUT2D eigenvalue weighted by molar-refractivity contribution is 8.08. The molecule has 0 radical (unpaired) electrons. The molecule has 0 unspecified atom stereocenters. The van der Waals surface area contributed by atoms with Gasteiger partial charge in [0, 0.05) is 46.4 Å². The van der Waals surface area contributed by atoms with E-state index in [9.17, 15) is 4.39 Å². The van der Waals surface area contributed by atoms with E-state index >= 15 is 0 Å². The van der Waals surface area contributed by atoms with Gasteiger partial charge in [-0.3, -0.25) is 4.98 Å². The molecule has 1 fully saturated rings. The number of pyridine rings is 3. The zero-order valence-corrected chi connectivity index (χ0v) is 16.5. The molecule has 1 saturated heterocycles. The van der Waals surface area contributed by atoms with Crippen molar-refractivity contribution in [2.45, 2.75) is 24.7 Å². The Kier molecular flexibility index (Phi) is 5.39. The molecule has 3 aromatic heterocycles. The van der Waals surface area contributed by atoms with Crippen LogP contribution in [0.25, 0.3) is 16.2 Å². The fourth-order valence-corrected chi connectivity index (χ4v) is 4.05. The van der Waals surface area contributed by atoms with E-state index in [1.54, 1.807) is 17.8 Å². The number of hydrogen-bond donors (Lipinski definition) is 0. The zero-order valence-electron chi connectivity index (χ0n) is 15.7. The monoisotopic (exact) mass is 392 g/mol. The van der Waals surface area contributed by atoms with Crippen LogP contribution in [-0.4, -0.2) is 28.0 Å². The summed E-state index contributed by atoms with van der Waals surface area (Å²) in [5, 5.41) is 0. The number of rotatable bonds is 5. The van der Waals surface area contributed by atoms with Crippen molar-refractivity contribution in [3.63, 3.8) is 0 Å². The van der Waals surface area contributed by atoms with Crippen LogP contribution in [0, 0.1) is 12.9 Å². The van der Waals surface area contributed by atoms with E-state index in [1.807, 2.05) is 25.3 Å². The highest BCUT2D eigenvalue weighted by Gasteiger charge is 2.14. The van der Waals surface area contributed by atoms with Crippen molar-refractivity contribution in [3.8, 4) is 11.3 Å². The van der Waals surface area contributed by atoms with E-state index < -0.39 is 5.95 Å². The summed E-state index contributed by atoms with van der Waals surface area (Å²) in [4.78, 5) is 17.2. The second kappa shape index (κ2) is 8.10. The second-order valence-electron chi connectivity index (χ2n) is 6.77. The van der Waals surface area contributed by atoms with E-state index in [0.29, 0.717) is 0 Å². The molecule has 0 bridgehead atoms. The summed E-state index contributed by atoms with van der Waals surface area (Å²) in [6.07, 6.45) is 5.87. The largest absolute Gasteiger partial charge is 0.357 e. The third-order valence-corrected chi connectivity index (χ3v) is 5.93. The van der Waals surface area contributed by atoms with Crippen LogP contribution >= 0.6 is 11.8 Å². The van der Waals surface area contributed by atoms with Gasteiger partial charge in [0.25, 0.3) is 0 Å². The molecule has 4 heterocycles. The van der Waals surface area contributed by atoms with Gasteiger partial charge in [0.15, 0.2) is 0 Å². The molecular formula is C22H21FN4S. The molecule has 0 N–H and O–H groups in total. The van der Waals surface area contributed by atoms with Gasteiger partial charge in [-0.25, -0.2) is 9.97 Å². The first-order valence-corrected chi connectivity index (χ1v) is 10.1. The lowest BCUT2D eigenvalue weighted by molar-refractivity contribution is 0.584. The van der Waals surface area contributed by atoms with Crippen molar-refractivity contribution in [2.24, 2.45) is 0 Å². The van der Waals surface area contributed by atoms with Gasteiger partial charge in [-0.15, -0.1) is 0 Å². The highest BCUT2D eigenvalue weighted by Crippen LogP contribution is 2.35. The van der Waals surface area contributed by atoms with Crippen LogP contribution in [0.5, 0.6) is 0 Å². The predicted octanol–water partition coefficient (Wildman–Crippen LogP) is 5.35. The third-order valence-electron chi connectivity index (χ3n) is 4.79. The van der Waals surface area contributed by atoms with Gasteiger partial charge < -0.3 is 4.90 Å². The SMILES string of the molecule is C=C(Sc1ccc(-c2ccc(F)nc2)nc1C)c1ccc(N2CCCC2)nc1. The van der Waals surface area contributed by atoms with Crippen molar-refractivity contribution >= 4 is 22.5 Å². The van der Waals surface area contributed by atoms with Gasteiger partial charge in [-0.1, -0.05) is 18.3 Å². The molecule has 0 spiro atoms. The Bertz CT molecular complexity index is 980. The predicted molar refractivity (Wildman–Crippen MR) is 113 cm³/mol. The normalized spacial score (nSPS) is 13.7. The summed E-state index contributed by atoms with van der Waals surface area (Å²) in [6, 6.07) is 11.1. The first-order valence-electron chi connectivity index (χ1n) is 9.28. The lowest BCUT2D eigenvalue weighted by Gasteiger charge is -2.16. The molecule has 4 rings (SSSR count). The Morgan fingerprint density at radius 1 is 1.04 bits per heavy atom. The van der Waals surface area contributed by atoms with Crippen LogP contribution in [0.2, 0.25) is 0 Å². The third kappa shape index (κ3) is 4.07. The quantitative estimate of drug-likeness (QED) is 0.432. The molecule has 1 aliphatic rings. The number of aromatic nitrogens is 3. The number of halogens is 1. The van der Waals surface area contributed by atoms with Crippen molar-refractivity contribution in [3.05, 3.63) is 72.6 Å². The van der Waals surface area contributed by atoms with Gasteiger partial charge >= 0.3 is 0 Å². The number of aryl methyl sites for hydroxylation is 1. The number of anilines is 1. The second-order valence-corrected chi connectivity index (χ2v) is 7.91. The van der Waals surface area contributed by atoms with E-state index in [4.69, 9.17) is 0 Å². The lowest BCUT2D eigenvalue weighted by atomic mass is 10.2. The maximum absolute atomic E-state index is 13.0. The van der Waals surface area contributed by atoms with Crippen LogP contribution in [0.15, 0.2) is 60.3 Å². The van der Waals surface area contributed by atoms with Crippen LogP contribution in [-0.2, 0) is 0 Å². The summed E-state index contributed by atoms with van der Waals surface area (Å²) in [5.74, 6) is 0.544. The van der Waals surface area contributed by atoms with Crippen LogP contribution in [0.3, 0.4) is 0 Å². The first kappa shape index (κ1) is 18.6. The van der Waals surface area contributed by atoms with E-state index in [-0.39, 0.29) is 0 Å². The van der Waals surface area contributed by atoms with Gasteiger partial charge in [0.1, 0.15) is 5.82 Å². The Labute approximate surface area is 168 Å². The van der Waals surface area contributed by atoms with E-state index in [0.717, 1.165) is 51.2 Å². The van der Waals surface area contributed by atoms with E-state index in [1.165, 1.54) is 25.1 Å². The molecule has 0 amide bonds. The Hall–Kier alpha value is -2.73. The van der Waals surface area contributed by atoms with Crippen molar-refractivity contribution in [1.29, 1.82) is 0 Å². The maximum atomic E-state index is 13.0. The van der Waals surface area contributed by atoms with Crippen LogP contribution in [0.4, 0.5) is 10.2 Å². The minimum absolute atomic E-state index is 0.492. The Balaban J connectivity index is 1.47. The van der Waals surface area contributed by atoms with Crippen LogP contribution < -0.4 is 4.90 Å². The molecule has 4 nitrogen and oxygen atoms in total. The standard InChI is InChI=1S/C22H21FN4S/c1-15-20(8-7-19(26-15)18-5-9-21(23)24-14-18)28-16(2)17-6-10-22(25-13-17)27-11-3-4-12-27/h5-10,13-14H,2-4,11-12H2,1H3. The molecule has 0 aromatic carbocycles. The van der Waals surface area contributed by atoms with Crippen molar-refractivity contribution < 1.29 is 4.39 Å². The summed E-state index contributed by atoms with van der Waals surface area (Å²) in [7, 11) is 0. The van der Waals surface area contributed by atoms with Crippen molar-refractivity contribution in [1.82, 2.24) is 15.0 Å². The molecule has 6 heteroatoms. The summed E-state index contributed by atoms with van der Waals surface area (Å²) < 4.78 is 13.0. The van der Waals surface area contributed by atoms with Gasteiger partial charge in [0.05, 0.1) is 11.4 Å². The molecular weight excluding hydrogens is 371 g/mol. The molecule has 0 atom stereocenters. The minimum atomic E-state index is -0.492. The summed E-state index contributed by atoms with van der Waals surface area (Å²) in [6.45, 7) is 8.34. The van der Waals surface area contributed by atoms with E-state index in [2.05, 4.69) is 38.6 Å². The average Bonchev–Trinajstić information content (AvgIpc) is 3.25. The first-order chi connectivity index (χ1) is 13.6. The Morgan fingerprint density at radius 3 is 2.50 bits per heavy atom. The molecule has 3 aromatic rings. The number of thioether (sulfide) groups is 1. The van der Waals surface area contributed by atoms with Crippen LogP contribution in [0.1, 0.15) is 24.1 Å². The number of hydrogen-bond acceptors (Lipinski definition) is 5. The Morgan fingerprint density at radius 2 is 1.86 bits per heavy atom. The maximum Gasteiger partial charge on any atom is 0.212 e. The highest BCUT2D eigenvalue weighted by atomic mass is 32.2. The molecule has 1 aliphatic heterocycles.